The van der Waals surface area contributed by atoms with Crippen LogP contribution in [0.5, 0.6) is 0 Å². The Morgan fingerprint density at radius 2 is 2.10 bits per heavy atom. The molecular formula is C14H15BrN2O4. The van der Waals surface area contributed by atoms with Gasteiger partial charge in [0.15, 0.2) is 0 Å². The van der Waals surface area contributed by atoms with E-state index in [2.05, 4.69) is 15.9 Å². The molecule has 2 fully saturated rings. The first-order valence-electron chi connectivity index (χ1n) is 6.85. The van der Waals surface area contributed by atoms with Crippen LogP contribution >= 0.6 is 15.9 Å². The molecule has 3 rings (SSSR count). The Bertz CT molecular complexity index is 563. The second kappa shape index (κ2) is 5.73. The molecule has 1 saturated heterocycles. The van der Waals surface area contributed by atoms with Crippen molar-refractivity contribution in [3.8, 4) is 0 Å². The van der Waals surface area contributed by atoms with E-state index in [0.717, 1.165) is 10.0 Å². The van der Waals surface area contributed by atoms with Gasteiger partial charge < -0.3 is 9.64 Å². The highest BCUT2D eigenvalue weighted by Crippen LogP contribution is 2.36. The van der Waals surface area contributed by atoms with E-state index in [0.29, 0.717) is 26.1 Å². The van der Waals surface area contributed by atoms with Crippen LogP contribution in [0.2, 0.25) is 0 Å². The molecule has 3 atom stereocenters. The average molecular weight is 355 g/mol. The predicted octanol–water partition coefficient (Wildman–Crippen LogP) is 2.01. The third-order valence-corrected chi connectivity index (χ3v) is 4.49. The van der Waals surface area contributed by atoms with Gasteiger partial charge in [-0.05, 0) is 17.7 Å². The second-order valence-electron chi connectivity index (χ2n) is 5.39. The molecule has 1 aliphatic heterocycles. The van der Waals surface area contributed by atoms with Crippen molar-refractivity contribution in [3.63, 3.8) is 0 Å². The molecule has 1 aliphatic carbocycles. The van der Waals surface area contributed by atoms with Gasteiger partial charge in [-0.25, -0.2) is 0 Å². The molecule has 21 heavy (non-hydrogen) atoms. The van der Waals surface area contributed by atoms with Crippen LogP contribution < -0.4 is 0 Å². The number of amides is 1. The molecule has 6 nitrogen and oxygen atoms in total. The Hall–Kier alpha value is -1.47. The molecule has 1 saturated carbocycles. The van der Waals surface area contributed by atoms with Gasteiger partial charge in [0.05, 0.1) is 13.2 Å². The third kappa shape index (κ3) is 3.08. The summed E-state index contributed by atoms with van der Waals surface area (Å²) >= 11 is 3.38. The van der Waals surface area contributed by atoms with Crippen LogP contribution in [0.1, 0.15) is 18.1 Å². The van der Waals surface area contributed by atoms with Crippen molar-refractivity contribution in [1.82, 2.24) is 4.90 Å². The molecule has 0 spiro atoms. The van der Waals surface area contributed by atoms with Crippen molar-refractivity contribution >= 4 is 21.8 Å². The van der Waals surface area contributed by atoms with Crippen LogP contribution in [0.25, 0.3) is 0 Å². The number of rotatable bonds is 3. The summed E-state index contributed by atoms with van der Waals surface area (Å²) in [5, 5.41) is 10.7. The molecule has 0 radical (unpaired) electrons. The third-order valence-electron chi connectivity index (χ3n) is 3.96. The van der Waals surface area contributed by atoms with Crippen molar-refractivity contribution in [2.75, 3.05) is 19.7 Å². The van der Waals surface area contributed by atoms with Crippen molar-refractivity contribution in [3.05, 3.63) is 44.4 Å². The zero-order chi connectivity index (χ0) is 15.0. The number of hydrogen-bond acceptors (Lipinski definition) is 4. The lowest BCUT2D eigenvalue weighted by Crippen LogP contribution is -2.43. The maximum atomic E-state index is 12.3. The molecule has 112 valence electrons. The fourth-order valence-corrected chi connectivity index (χ4v) is 2.91. The Labute approximate surface area is 130 Å². The number of carbonyl (C=O) groups excluding carboxylic acids is 1. The van der Waals surface area contributed by atoms with Crippen molar-refractivity contribution in [1.29, 1.82) is 0 Å². The lowest BCUT2D eigenvalue weighted by molar-refractivity contribution is -0.497. The van der Waals surface area contributed by atoms with E-state index in [-0.39, 0.29) is 16.9 Å². The van der Waals surface area contributed by atoms with E-state index >= 15 is 0 Å². The van der Waals surface area contributed by atoms with Crippen molar-refractivity contribution in [2.45, 2.75) is 18.6 Å². The summed E-state index contributed by atoms with van der Waals surface area (Å²) in [6.07, 6.45) is 0.204. The van der Waals surface area contributed by atoms with Crippen LogP contribution in [-0.4, -0.2) is 41.5 Å². The van der Waals surface area contributed by atoms with E-state index < -0.39 is 12.0 Å². The molecule has 1 aromatic carbocycles. The van der Waals surface area contributed by atoms with E-state index in [1.807, 2.05) is 24.3 Å². The quantitative estimate of drug-likeness (QED) is 0.614. The normalized spacial score (nSPS) is 28.2. The molecule has 2 aliphatic rings. The summed E-state index contributed by atoms with van der Waals surface area (Å²) in [5.41, 5.74) is 1.01. The summed E-state index contributed by atoms with van der Waals surface area (Å²) in [7, 11) is 0. The summed E-state index contributed by atoms with van der Waals surface area (Å²) in [4.78, 5) is 24.3. The van der Waals surface area contributed by atoms with Gasteiger partial charge in [-0.2, -0.15) is 0 Å². The van der Waals surface area contributed by atoms with E-state index in [1.165, 1.54) is 0 Å². The Balaban J connectivity index is 1.65. The van der Waals surface area contributed by atoms with Crippen LogP contribution in [0.15, 0.2) is 28.7 Å². The zero-order valence-electron chi connectivity index (χ0n) is 11.3. The molecular weight excluding hydrogens is 340 g/mol. The number of hydrogen-bond donors (Lipinski definition) is 0. The fraction of sp³-hybridized carbons (Fsp3) is 0.500. The van der Waals surface area contributed by atoms with Gasteiger partial charge in [-0.15, -0.1) is 0 Å². The fourth-order valence-electron chi connectivity index (χ4n) is 2.64. The second-order valence-corrected chi connectivity index (χ2v) is 6.31. The van der Waals surface area contributed by atoms with E-state index in [9.17, 15) is 14.9 Å². The van der Waals surface area contributed by atoms with Crippen LogP contribution in [0.3, 0.4) is 0 Å². The molecule has 1 heterocycles. The lowest BCUT2D eigenvalue weighted by atomic mass is 10.1. The van der Waals surface area contributed by atoms with Crippen molar-refractivity contribution < 1.29 is 14.5 Å². The first kappa shape index (κ1) is 14.5. The maximum absolute atomic E-state index is 12.3. The standard InChI is InChI=1S/C14H15BrN2O4/c15-10-3-1-9(2-4-10)13-8-16(5-6-21-13)14(18)11-7-12(11)17(19)20/h1-4,11-13H,5-8H2/t11-,12-,13+/m1/s1. The summed E-state index contributed by atoms with van der Waals surface area (Å²) in [5.74, 6) is -0.550. The van der Waals surface area contributed by atoms with Crippen LogP contribution in [0.4, 0.5) is 0 Å². The van der Waals surface area contributed by atoms with E-state index in [4.69, 9.17) is 4.74 Å². The molecule has 1 aromatic rings. The lowest BCUT2D eigenvalue weighted by Gasteiger charge is -2.33. The minimum Gasteiger partial charge on any atom is -0.370 e. The number of ether oxygens (including phenoxy) is 1. The minimum atomic E-state index is -0.688. The number of morpholine rings is 1. The Morgan fingerprint density at radius 1 is 1.38 bits per heavy atom. The van der Waals surface area contributed by atoms with Gasteiger partial charge >= 0.3 is 0 Å². The Kier molecular flexibility index (Phi) is 3.95. The molecule has 0 aromatic heterocycles. The van der Waals surface area contributed by atoms with Crippen LogP contribution in [-0.2, 0) is 9.53 Å². The largest absolute Gasteiger partial charge is 0.370 e. The molecule has 7 heteroatoms. The van der Waals surface area contributed by atoms with Gasteiger partial charge in [0.1, 0.15) is 12.0 Å². The highest BCUT2D eigenvalue weighted by Gasteiger charge is 2.54. The topological polar surface area (TPSA) is 72.7 Å². The highest BCUT2D eigenvalue weighted by molar-refractivity contribution is 9.10. The smallest absolute Gasteiger partial charge is 0.233 e. The molecule has 1 amide bonds. The van der Waals surface area contributed by atoms with Gasteiger partial charge in [0.25, 0.3) is 0 Å². The molecule has 0 bridgehead atoms. The zero-order valence-corrected chi connectivity index (χ0v) is 12.9. The number of halogens is 1. The Morgan fingerprint density at radius 3 is 2.71 bits per heavy atom. The van der Waals surface area contributed by atoms with Gasteiger partial charge in [0.2, 0.25) is 11.9 Å². The summed E-state index contributed by atoms with van der Waals surface area (Å²) in [6, 6.07) is 7.09. The average Bonchev–Trinajstić information content (AvgIpc) is 3.28. The molecule has 0 unspecified atom stereocenters. The minimum absolute atomic E-state index is 0.109. The predicted molar refractivity (Wildman–Crippen MR) is 78.3 cm³/mol. The SMILES string of the molecule is O=C([C@@H]1C[C@H]1[N+](=O)[O-])N1CCO[C@H](c2ccc(Br)cc2)C1. The highest BCUT2D eigenvalue weighted by atomic mass is 79.9. The molecule has 0 N–H and O–H groups in total. The van der Waals surface area contributed by atoms with E-state index in [1.54, 1.807) is 4.90 Å². The number of nitro groups is 1. The van der Waals surface area contributed by atoms with Gasteiger partial charge in [-0.1, -0.05) is 28.1 Å². The monoisotopic (exact) mass is 354 g/mol. The number of carbonyl (C=O) groups is 1. The van der Waals surface area contributed by atoms with Crippen LogP contribution in [0, 0.1) is 16.0 Å². The summed E-state index contributed by atoms with van der Waals surface area (Å²) < 4.78 is 6.70. The van der Waals surface area contributed by atoms with Gasteiger partial charge in [-0.3, -0.25) is 14.9 Å². The van der Waals surface area contributed by atoms with Gasteiger partial charge in [0, 0.05) is 22.4 Å². The first-order chi connectivity index (χ1) is 10.1. The summed E-state index contributed by atoms with van der Waals surface area (Å²) in [6.45, 7) is 1.43. The van der Waals surface area contributed by atoms with Crippen molar-refractivity contribution in [2.24, 2.45) is 5.92 Å². The number of benzene rings is 1. The first-order valence-corrected chi connectivity index (χ1v) is 7.65. The maximum Gasteiger partial charge on any atom is 0.233 e. The number of nitrogens with zero attached hydrogens (tertiary/aromatic N) is 2.